The smallest absolute Gasteiger partial charge is 0.264 e. The Bertz CT molecular complexity index is 422. The van der Waals surface area contributed by atoms with Crippen LogP contribution in [0.25, 0.3) is 0 Å². The lowest BCUT2D eigenvalue weighted by atomic mass is 9.96. The average molecular weight is 410 g/mol. The summed E-state index contributed by atoms with van der Waals surface area (Å²) in [6.45, 7) is 5.99. The van der Waals surface area contributed by atoms with Crippen molar-refractivity contribution in [1.82, 2.24) is 10.2 Å². The minimum atomic E-state index is 0.165. The van der Waals surface area contributed by atoms with Gasteiger partial charge in [0, 0.05) is 17.6 Å². The summed E-state index contributed by atoms with van der Waals surface area (Å²) in [5, 5.41) is 3.39. The first-order chi connectivity index (χ1) is 9.11. The van der Waals surface area contributed by atoms with Gasteiger partial charge in [0.25, 0.3) is 5.91 Å². The van der Waals surface area contributed by atoms with E-state index < -0.39 is 0 Å². The number of thiophene rings is 1. The first-order valence-corrected chi connectivity index (χ1v) is 8.97. The molecule has 0 atom stereocenters. The van der Waals surface area contributed by atoms with Crippen molar-refractivity contribution in [3.63, 3.8) is 0 Å². The van der Waals surface area contributed by atoms with E-state index in [4.69, 9.17) is 0 Å². The van der Waals surface area contributed by atoms with Crippen LogP contribution in [0.4, 0.5) is 0 Å². The number of hydrogen-bond acceptors (Lipinski definition) is 3. The molecule has 0 unspecified atom stereocenters. The summed E-state index contributed by atoms with van der Waals surface area (Å²) in [6.07, 6.45) is 2.21. The highest BCUT2D eigenvalue weighted by Gasteiger charge is 2.24. The highest BCUT2D eigenvalue weighted by molar-refractivity contribution is 9.13. The minimum absolute atomic E-state index is 0.165. The van der Waals surface area contributed by atoms with Gasteiger partial charge in [-0.1, -0.05) is 6.92 Å². The number of carbonyl (C=O) groups excluding carboxylic acids is 1. The van der Waals surface area contributed by atoms with Crippen molar-refractivity contribution in [3.8, 4) is 0 Å². The molecular formula is C13H18Br2N2OS. The van der Waals surface area contributed by atoms with E-state index in [9.17, 15) is 4.79 Å². The van der Waals surface area contributed by atoms with E-state index in [1.165, 1.54) is 11.3 Å². The second-order valence-electron chi connectivity index (χ2n) is 4.78. The molecule has 1 aromatic rings. The van der Waals surface area contributed by atoms with Crippen molar-refractivity contribution in [2.45, 2.75) is 19.8 Å². The van der Waals surface area contributed by atoms with E-state index in [2.05, 4.69) is 44.1 Å². The molecule has 1 saturated heterocycles. The van der Waals surface area contributed by atoms with Crippen LogP contribution in [0, 0.1) is 5.92 Å². The largest absolute Gasteiger partial charge is 0.338 e. The maximum atomic E-state index is 12.4. The van der Waals surface area contributed by atoms with Gasteiger partial charge in [-0.2, -0.15) is 0 Å². The lowest BCUT2D eigenvalue weighted by Gasteiger charge is -2.31. The van der Waals surface area contributed by atoms with Crippen molar-refractivity contribution in [1.29, 1.82) is 0 Å². The molecule has 1 amide bonds. The zero-order valence-electron chi connectivity index (χ0n) is 10.9. The molecule has 1 aromatic heterocycles. The molecule has 0 spiro atoms. The Morgan fingerprint density at radius 3 is 2.68 bits per heavy atom. The van der Waals surface area contributed by atoms with Crippen LogP contribution >= 0.6 is 43.2 Å². The molecule has 19 heavy (non-hydrogen) atoms. The fourth-order valence-electron chi connectivity index (χ4n) is 2.30. The summed E-state index contributed by atoms with van der Waals surface area (Å²) in [5.74, 6) is 0.879. The fraction of sp³-hybridized carbons (Fsp3) is 0.615. The van der Waals surface area contributed by atoms with E-state index in [-0.39, 0.29) is 5.91 Å². The number of hydrogen-bond donors (Lipinski definition) is 1. The van der Waals surface area contributed by atoms with Gasteiger partial charge in [0.2, 0.25) is 0 Å². The third-order valence-electron chi connectivity index (χ3n) is 3.44. The van der Waals surface area contributed by atoms with Crippen LogP contribution in [0.2, 0.25) is 0 Å². The first kappa shape index (κ1) is 15.5. The predicted molar refractivity (Wildman–Crippen MR) is 86.9 cm³/mol. The molecule has 0 bridgehead atoms. The molecule has 6 heteroatoms. The normalized spacial score (nSPS) is 16.9. The molecular weight excluding hydrogens is 392 g/mol. The quantitative estimate of drug-likeness (QED) is 0.821. The van der Waals surface area contributed by atoms with E-state index >= 15 is 0 Å². The number of nitrogens with zero attached hydrogens (tertiary/aromatic N) is 1. The first-order valence-electron chi connectivity index (χ1n) is 6.56. The molecule has 2 rings (SSSR count). The van der Waals surface area contributed by atoms with Crippen molar-refractivity contribution in [3.05, 3.63) is 19.2 Å². The van der Waals surface area contributed by atoms with Crippen LogP contribution in [-0.2, 0) is 0 Å². The Hall–Kier alpha value is 0.0900. The lowest BCUT2D eigenvalue weighted by molar-refractivity contribution is 0.0695. The number of likely N-dealkylation sites (tertiary alicyclic amines) is 1. The third-order valence-corrected chi connectivity index (χ3v) is 6.68. The average Bonchev–Trinajstić information content (AvgIpc) is 2.76. The van der Waals surface area contributed by atoms with E-state index in [0.717, 1.165) is 52.2 Å². The molecule has 106 valence electrons. The SMILES string of the molecule is CCNCC1CCN(C(=O)c2cc(Br)c(Br)s2)CC1. The van der Waals surface area contributed by atoms with Gasteiger partial charge in [-0.05, 0) is 69.8 Å². The fourth-order valence-corrected chi connectivity index (χ4v) is 4.30. The Balaban J connectivity index is 1.89. The van der Waals surface area contributed by atoms with Crippen molar-refractivity contribution in [2.75, 3.05) is 26.2 Å². The number of carbonyl (C=O) groups is 1. The van der Waals surface area contributed by atoms with Gasteiger partial charge in [0.1, 0.15) is 0 Å². The molecule has 3 nitrogen and oxygen atoms in total. The maximum Gasteiger partial charge on any atom is 0.264 e. The molecule has 1 aliphatic rings. The van der Waals surface area contributed by atoms with Gasteiger partial charge in [0.15, 0.2) is 0 Å². The van der Waals surface area contributed by atoms with Gasteiger partial charge < -0.3 is 10.2 Å². The molecule has 1 N–H and O–H groups in total. The third kappa shape index (κ3) is 4.03. The Labute approximate surface area is 135 Å². The van der Waals surface area contributed by atoms with E-state index in [1.54, 1.807) is 0 Å². The van der Waals surface area contributed by atoms with E-state index in [0.29, 0.717) is 5.92 Å². The second-order valence-corrected chi connectivity index (χ2v) is 8.00. The standard InChI is InChI=1S/C13H18Br2N2OS/c1-2-16-8-9-3-5-17(6-4-9)13(18)11-7-10(14)12(15)19-11/h7,9,16H,2-6,8H2,1H3. The zero-order valence-corrected chi connectivity index (χ0v) is 14.9. The number of nitrogens with one attached hydrogen (secondary N) is 1. The Kier molecular flexibility index (Phi) is 5.87. The maximum absolute atomic E-state index is 12.4. The summed E-state index contributed by atoms with van der Waals surface area (Å²) in [7, 11) is 0. The van der Waals surface area contributed by atoms with Gasteiger partial charge in [-0.3, -0.25) is 4.79 Å². The van der Waals surface area contributed by atoms with Crippen molar-refractivity contribution >= 4 is 49.1 Å². The number of piperidine rings is 1. The molecule has 1 fully saturated rings. The van der Waals surface area contributed by atoms with Crippen molar-refractivity contribution < 1.29 is 4.79 Å². The number of amides is 1. The van der Waals surface area contributed by atoms with Gasteiger partial charge in [-0.25, -0.2) is 0 Å². The summed E-state index contributed by atoms with van der Waals surface area (Å²) < 4.78 is 1.95. The van der Waals surface area contributed by atoms with Crippen LogP contribution in [0.3, 0.4) is 0 Å². The van der Waals surface area contributed by atoms with E-state index in [1.807, 2.05) is 11.0 Å². The molecule has 1 aliphatic heterocycles. The molecule has 2 heterocycles. The van der Waals surface area contributed by atoms with Crippen LogP contribution in [0.5, 0.6) is 0 Å². The topological polar surface area (TPSA) is 32.3 Å². The summed E-state index contributed by atoms with van der Waals surface area (Å²) in [4.78, 5) is 15.2. The highest BCUT2D eigenvalue weighted by atomic mass is 79.9. The van der Waals surface area contributed by atoms with Crippen LogP contribution in [-0.4, -0.2) is 37.0 Å². The van der Waals surface area contributed by atoms with Crippen LogP contribution in [0.1, 0.15) is 29.4 Å². The number of rotatable bonds is 4. The van der Waals surface area contributed by atoms with Gasteiger partial charge in [-0.15, -0.1) is 11.3 Å². The minimum Gasteiger partial charge on any atom is -0.338 e. The Morgan fingerprint density at radius 2 is 2.16 bits per heavy atom. The molecule has 0 aliphatic carbocycles. The highest BCUT2D eigenvalue weighted by Crippen LogP contribution is 2.33. The summed E-state index contributed by atoms with van der Waals surface area (Å²) in [6, 6.07) is 1.90. The summed E-state index contributed by atoms with van der Waals surface area (Å²) >= 11 is 8.37. The molecule has 0 saturated carbocycles. The zero-order chi connectivity index (χ0) is 13.8. The Morgan fingerprint density at radius 1 is 1.47 bits per heavy atom. The second kappa shape index (κ2) is 7.20. The van der Waals surface area contributed by atoms with Crippen molar-refractivity contribution in [2.24, 2.45) is 5.92 Å². The van der Waals surface area contributed by atoms with Crippen LogP contribution < -0.4 is 5.32 Å². The van der Waals surface area contributed by atoms with Gasteiger partial charge in [0.05, 0.1) is 8.66 Å². The number of halogens is 2. The van der Waals surface area contributed by atoms with Crippen LogP contribution in [0.15, 0.2) is 14.3 Å². The molecule has 0 radical (unpaired) electrons. The molecule has 0 aromatic carbocycles. The monoisotopic (exact) mass is 408 g/mol. The predicted octanol–water partition coefficient (Wildman–Crippen LogP) is 3.73. The van der Waals surface area contributed by atoms with Gasteiger partial charge >= 0.3 is 0 Å². The summed E-state index contributed by atoms with van der Waals surface area (Å²) in [5.41, 5.74) is 0. The lowest BCUT2D eigenvalue weighted by Crippen LogP contribution is -2.40.